The fraction of sp³-hybridized carbons (Fsp3) is 0.529. The van der Waals surface area contributed by atoms with Gasteiger partial charge in [-0.2, -0.15) is 16.8 Å². The third-order valence-corrected chi connectivity index (χ3v) is 12.4. The van der Waals surface area contributed by atoms with Crippen molar-refractivity contribution in [2.75, 3.05) is 0 Å². The highest BCUT2D eigenvalue weighted by Gasteiger charge is 2.27. The van der Waals surface area contributed by atoms with Crippen molar-refractivity contribution in [2.45, 2.75) is 166 Å². The maximum absolute atomic E-state index is 11.5. The molecule has 4 aromatic carbocycles. The second-order valence-electron chi connectivity index (χ2n) is 16.2. The lowest BCUT2D eigenvalue weighted by Crippen LogP contribution is -2.18. The monoisotopic (exact) mass is 857 g/mol. The standard InChI is InChI=1S/C45H60O6S2.6CH4/c1-6-38(40-15-11-8-12-16-40)30-44(42-25-20-37(21-26-42)33-53(49,50)51)27-28-45(4,5)31-34(2)17-22-43(29-35(3)39-13-9-7-10-14-39)41-23-18-36(19-24-41)32-52(46,47)48;;;;;;/h7-16,18-21,23-26,34-35,38,43-44H,6,17,22,27-33H2,1-5H3,(H,46,47,48)(H,49,50,51);6*1H4. The first kappa shape index (κ1) is 60.0. The van der Waals surface area contributed by atoms with Crippen LogP contribution in [0.5, 0.6) is 0 Å². The molecule has 0 aliphatic heterocycles. The molecule has 0 saturated carbocycles. The van der Waals surface area contributed by atoms with Crippen LogP contribution in [0.3, 0.4) is 0 Å². The highest BCUT2D eigenvalue weighted by atomic mass is 32.2. The fourth-order valence-electron chi connectivity index (χ4n) is 8.18. The lowest BCUT2D eigenvalue weighted by atomic mass is 9.73. The first-order valence-electron chi connectivity index (χ1n) is 19.2. The first-order chi connectivity index (χ1) is 25.0. The van der Waals surface area contributed by atoms with Crippen LogP contribution in [0, 0.1) is 11.3 Å². The van der Waals surface area contributed by atoms with Gasteiger partial charge in [-0.25, -0.2) is 0 Å². The molecule has 0 aromatic heterocycles. The summed E-state index contributed by atoms with van der Waals surface area (Å²) in [5, 5.41) is 0. The van der Waals surface area contributed by atoms with Crippen LogP contribution in [0.2, 0.25) is 0 Å². The Bertz CT molecular complexity index is 1890. The molecule has 0 aliphatic carbocycles. The Kier molecular flexibility index (Phi) is 28.0. The van der Waals surface area contributed by atoms with E-state index in [0.29, 0.717) is 40.7 Å². The summed E-state index contributed by atoms with van der Waals surface area (Å²) >= 11 is 0. The van der Waals surface area contributed by atoms with Crippen molar-refractivity contribution in [3.05, 3.63) is 143 Å². The first-order valence-corrected chi connectivity index (χ1v) is 22.4. The van der Waals surface area contributed by atoms with Crippen LogP contribution in [0.1, 0.15) is 188 Å². The van der Waals surface area contributed by atoms with E-state index in [-0.39, 0.29) is 61.5 Å². The Labute approximate surface area is 364 Å². The topological polar surface area (TPSA) is 109 Å². The summed E-state index contributed by atoms with van der Waals surface area (Å²) in [5.41, 5.74) is 6.36. The van der Waals surface area contributed by atoms with E-state index in [9.17, 15) is 25.9 Å². The van der Waals surface area contributed by atoms with Gasteiger partial charge in [0.1, 0.15) is 11.5 Å². The second-order valence-corrected chi connectivity index (χ2v) is 19.1. The molecule has 5 atom stereocenters. The Morgan fingerprint density at radius 2 is 0.898 bits per heavy atom. The zero-order valence-corrected chi connectivity index (χ0v) is 33.8. The molecule has 4 aromatic rings. The second kappa shape index (κ2) is 27.5. The molecular formula is C51H84O6S2. The van der Waals surface area contributed by atoms with Crippen LogP contribution >= 0.6 is 0 Å². The zero-order chi connectivity index (χ0) is 38.6. The molecule has 6 nitrogen and oxygen atoms in total. The molecule has 0 spiro atoms. The van der Waals surface area contributed by atoms with E-state index in [0.717, 1.165) is 51.4 Å². The molecule has 0 amide bonds. The van der Waals surface area contributed by atoms with Gasteiger partial charge in [0.05, 0.1) is 0 Å². The minimum Gasteiger partial charge on any atom is -0.285 e. The summed E-state index contributed by atoms with van der Waals surface area (Å²) in [4.78, 5) is 0. The van der Waals surface area contributed by atoms with Crippen LogP contribution in [0.15, 0.2) is 109 Å². The molecule has 2 N–H and O–H groups in total. The van der Waals surface area contributed by atoms with Gasteiger partial charge in [-0.3, -0.25) is 9.11 Å². The van der Waals surface area contributed by atoms with Crippen LogP contribution < -0.4 is 0 Å². The Morgan fingerprint density at radius 3 is 1.31 bits per heavy atom. The number of benzene rings is 4. The summed E-state index contributed by atoms with van der Waals surface area (Å²) < 4.78 is 64.7. The molecule has 5 unspecified atom stereocenters. The van der Waals surface area contributed by atoms with Crippen molar-refractivity contribution in [1.82, 2.24) is 0 Å². The summed E-state index contributed by atoms with van der Waals surface area (Å²) in [6.07, 6.45) is 8.31. The van der Waals surface area contributed by atoms with Crippen LogP contribution in [0.4, 0.5) is 0 Å². The van der Waals surface area contributed by atoms with Crippen LogP contribution in [-0.4, -0.2) is 25.9 Å². The normalized spacial score (nSPS) is 13.8. The summed E-state index contributed by atoms with van der Waals surface area (Å²) in [7, 11) is -8.18. The molecule has 0 saturated heterocycles. The largest absolute Gasteiger partial charge is 0.285 e. The van der Waals surface area contributed by atoms with Crippen molar-refractivity contribution < 1.29 is 25.9 Å². The minimum atomic E-state index is -4.09. The molecule has 336 valence electrons. The van der Waals surface area contributed by atoms with Gasteiger partial charge in [-0.1, -0.05) is 195 Å². The summed E-state index contributed by atoms with van der Waals surface area (Å²) in [5.74, 6) is 1.15. The lowest BCUT2D eigenvalue weighted by molar-refractivity contribution is 0.230. The van der Waals surface area contributed by atoms with Gasteiger partial charge >= 0.3 is 0 Å². The average molecular weight is 857 g/mol. The van der Waals surface area contributed by atoms with Crippen molar-refractivity contribution in [2.24, 2.45) is 11.3 Å². The van der Waals surface area contributed by atoms with Gasteiger partial charge < -0.3 is 0 Å². The fourth-order valence-corrected chi connectivity index (χ4v) is 9.41. The highest BCUT2D eigenvalue weighted by Crippen LogP contribution is 2.41. The smallest absolute Gasteiger partial charge is 0.269 e. The van der Waals surface area contributed by atoms with Crippen molar-refractivity contribution >= 4 is 20.2 Å². The third kappa shape index (κ3) is 21.2. The number of hydrogen-bond acceptors (Lipinski definition) is 4. The Morgan fingerprint density at radius 1 is 0.508 bits per heavy atom. The van der Waals surface area contributed by atoms with E-state index < -0.39 is 20.2 Å². The molecule has 0 bridgehead atoms. The maximum atomic E-state index is 11.5. The summed E-state index contributed by atoms with van der Waals surface area (Å²) in [6.45, 7) is 11.7. The molecule has 4 rings (SSSR count). The zero-order valence-electron chi connectivity index (χ0n) is 32.2. The van der Waals surface area contributed by atoms with E-state index in [1.165, 1.54) is 22.3 Å². The van der Waals surface area contributed by atoms with E-state index in [1.807, 2.05) is 54.6 Å². The van der Waals surface area contributed by atoms with E-state index in [1.54, 1.807) is 0 Å². The highest BCUT2D eigenvalue weighted by molar-refractivity contribution is 7.85. The number of rotatable bonds is 21. The summed E-state index contributed by atoms with van der Waals surface area (Å²) in [6, 6.07) is 36.8. The van der Waals surface area contributed by atoms with Gasteiger partial charge in [0.15, 0.2) is 0 Å². The van der Waals surface area contributed by atoms with E-state index in [4.69, 9.17) is 0 Å². The molecule has 0 fully saturated rings. The van der Waals surface area contributed by atoms with Crippen molar-refractivity contribution in [3.8, 4) is 0 Å². The molecule has 0 aliphatic rings. The molecule has 8 heteroatoms. The molecule has 0 heterocycles. The molecule has 59 heavy (non-hydrogen) atoms. The van der Waals surface area contributed by atoms with Gasteiger partial charge in [-0.05, 0) is 113 Å². The Hall–Kier alpha value is -3.30. The Balaban J connectivity index is -0.00000523. The van der Waals surface area contributed by atoms with Crippen molar-refractivity contribution in [1.29, 1.82) is 0 Å². The predicted octanol–water partition coefficient (Wildman–Crippen LogP) is 15.5. The van der Waals surface area contributed by atoms with E-state index in [2.05, 4.69) is 89.2 Å². The maximum Gasteiger partial charge on any atom is 0.269 e. The van der Waals surface area contributed by atoms with E-state index >= 15 is 0 Å². The van der Waals surface area contributed by atoms with Crippen molar-refractivity contribution in [3.63, 3.8) is 0 Å². The minimum absolute atomic E-state index is 0. The van der Waals surface area contributed by atoms with Gasteiger partial charge in [0, 0.05) is 0 Å². The van der Waals surface area contributed by atoms with Gasteiger partial charge in [0.25, 0.3) is 20.2 Å². The average Bonchev–Trinajstić information content (AvgIpc) is 3.10. The van der Waals surface area contributed by atoms with Gasteiger partial charge in [0.2, 0.25) is 0 Å². The molecule has 0 radical (unpaired) electrons. The third-order valence-electron chi connectivity index (χ3n) is 11.0. The predicted molar refractivity (Wildman–Crippen MR) is 259 cm³/mol. The molecular weight excluding hydrogens is 773 g/mol. The van der Waals surface area contributed by atoms with Gasteiger partial charge in [-0.15, -0.1) is 0 Å². The lowest BCUT2D eigenvalue weighted by Gasteiger charge is -2.32. The quantitative estimate of drug-likeness (QED) is 0.0808. The SMILES string of the molecule is C.C.C.C.C.C.CCC(CC(CCC(C)(C)CC(C)CCC(CC(C)c1ccccc1)c1ccc(CS(=O)(=O)O)cc1)c1ccc(CS(=O)(=O)O)cc1)c1ccccc1. The number of hydrogen-bond donors (Lipinski definition) is 2. The van der Waals surface area contributed by atoms with Crippen LogP contribution in [0.25, 0.3) is 0 Å². The van der Waals surface area contributed by atoms with Crippen LogP contribution in [-0.2, 0) is 31.7 Å².